The number of nitrogens with zero attached hydrogens (tertiary/aromatic N) is 3. The van der Waals surface area contributed by atoms with E-state index < -0.39 is 5.97 Å². The Kier molecular flexibility index (Phi) is 7.24. The Morgan fingerprint density at radius 2 is 1.83 bits per heavy atom. The van der Waals surface area contributed by atoms with Gasteiger partial charge in [0.25, 0.3) is 0 Å². The summed E-state index contributed by atoms with van der Waals surface area (Å²) in [5.41, 5.74) is -0.137. The lowest BCUT2D eigenvalue weighted by atomic mass is 10.3. The fourth-order valence-corrected chi connectivity index (χ4v) is 1.54. The first-order valence-corrected chi connectivity index (χ1v) is 6.88. The van der Waals surface area contributed by atoms with Gasteiger partial charge in [0.15, 0.2) is 0 Å². The monoisotopic (exact) mass is 357 g/mol. The standard InChI is InChI=1S/C11H6Cl2N2O3.C3H7NO/c12-6-1-8(5-14-3-6)18-10-9(11(16)17)2-7(13)4-15-10;1-4(2)3-5/h1-5H,(H,16,17);3H,1-2H3. The molecule has 0 saturated carbocycles. The van der Waals surface area contributed by atoms with Crippen LogP contribution in [0.15, 0.2) is 30.7 Å². The lowest BCUT2D eigenvalue weighted by molar-refractivity contribution is -0.115. The van der Waals surface area contributed by atoms with Crippen LogP contribution in [0.1, 0.15) is 10.4 Å². The van der Waals surface area contributed by atoms with E-state index in [9.17, 15) is 9.59 Å². The Hall–Kier alpha value is -2.38. The highest BCUT2D eigenvalue weighted by atomic mass is 35.5. The number of amides is 1. The van der Waals surface area contributed by atoms with E-state index in [0.29, 0.717) is 10.8 Å². The summed E-state index contributed by atoms with van der Waals surface area (Å²) in [6.07, 6.45) is 4.87. The predicted molar refractivity (Wildman–Crippen MR) is 85.3 cm³/mol. The summed E-state index contributed by atoms with van der Waals surface area (Å²) in [4.78, 5) is 29.5. The van der Waals surface area contributed by atoms with Gasteiger partial charge in [-0.05, 0) is 6.07 Å². The van der Waals surface area contributed by atoms with E-state index in [-0.39, 0.29) is 16.5 Å². The number of carbonyl (C=O) groups excluding carboxylic acids is 1. The van der Waals surface area contributed by atoms with Crippen LogP contribution in [-0.2, 0) is 4.79 Å². The zero-order chi connectivity index (χ0) is 17.4. The number of rotatable bonds is 4. The minimum absolute atomic E-state index is 0.0732. The van der Waals surface area contributed by atoms with Crippen molar-refractivity contribution in [2.24, 2.45) is 0 Å². The van der Waals surface area contributed by atoms with Gasteiger partial charge in [-0.15, -0.1) is 0 Å². The fourth-order valence-electron chi connectivity index (χ4n) is 1.22. The lowest BCUT2D eigenvalue weighted by Crippen LogP contribution is -2.06. The highest BCUT2D eigenvalue weighted by molar-refractivity contribution is 6.31. The summed E-state index contributed by atoms with van der Waals surface area (Å²) in [6.45, 7) is 0. The number of carboxylic acid groups (broad SMARTS) is 1. The molecule has 0 aromatic carbocycles. The molecule has 2 aromatic rings. The van der Waals surface area contributed by atoms with E-state index in [1.165, 1.54) is 35.6 Å². The smallest absolute Gasteiger partial charge is 0.341 e. The van der Waals surface area contributed by atoms with E-state index in [1.807, 2.05) is 0 Å². The zero-order valence-corrected chi connectivity index (χ0v) is 13.7. The molecular weight excluding hydrogens is 345 g/mol. The highest BCUT2D eigenvalue weighted by Gasteiger charge is 2.14. The minimum atomic E-state index is -1.19. The van der Waals surface area contributed by atoms with Crippen molar-refractivity contribution in [3.63, 3.8) is 0 Å². The van der Waals surface area contributed by atoms with Gasteiger partial charge in [-0.3, -0.25) is 9.78 Å². The first-order chi connectivity index (χ1) is 10.8. The quantitative estimate of drug-likeness (QED) is 0.845. The van der Waals surface area contributed by atoms with Crippen molar-refractivity contribution < 1.29 is 19.4 Å². The van der Waals surface area contributed by atoms with Gasteiger partial charge in [0.2, 0.25) is 12.3 Å². The number of halogens is 2. The maximum atomic E-state index is 11.0. The zero-order valence-electron chi connectivity index (χ0n) is 12.2. The third kappa shape index (κ3) is 6.50. The number of carbonyl (C=O) groups is 2. The number of ether oxygens (including phenoxy) is 1. The summed E-state index contributed by atoms with van der Waals surface area (Å²) >= 11 is 11.4. The molecule has 122 valence electrons. The van der Waals surface area contributed by atoms with Gasteiger partial charge in [-0.25, -0.2) is 9.78 Å². The first-order valence-electron chi connectivity index (χ1n) is 6.12. The van der Waals surface area contributed by atoms with Crippen LogP contribution in [-0.4, -0.2) is 46.4 Å². The molecule has 2 rings (SSSR count). The summed E-state index contributed by atoms with van der Waals surface area (Å²) < 4.78 is 5.31. The highest BCUT2D eigenvalue weighted by Crippen LogP contribution is 2.26. The number of carboxylic acids is 1. The van der Waals surface area contributed by atoms with Gasteiger partial charge in [-0.2, -0.15) is 0 Å². The van der Waals surface area contributed by atoms with Crippen LogP contribution >= 0.6 is 23.2 Å². The maximum Gasteiger partial charge on any atom is 0.341 e. The Morgan fingerprint density at radius 1 is 1.22 bits per heavy atom. The van der Waals surface area contributed by atoms with Crippen molar-refractivity contribution in [1.29, 1.82) is 0 Å². The van der Waals surface area contributed by atoms with E-state index in [1.54, 1.807) is 14.1 Å². The maximum absolute atomic E-state index is 11.0. The van der Waals surface area contributed by atoms with Crippen LogP contribution in [0.2, 0.25) is 10.0 Å². The van der Waals surface area contributed by atoms with Crippen LogP contribution in [0.3, 0.4) is 0 Å². The number of aromatic carboxylic acids is 1. The Bertz CT molecular complexity index is 695. The number of pyridine rings is 2. The molecule has 0 aliphatic carbocycles. The van der Waals surface area contributed by atoms with Gasteiger partial charge in [0.1, 0.15) is 11.3 Å². The molecule has 0 aliphatic rings. The molecule has 1 N–H and O–H groups in total. The summed E-state index contributed by atoms with van der Waals surface area (Å²) in [7, 11) is 3.38. The molecule has 0 radical (unpaired) electrons. The topological polar surface area (TPSA) is 92.6 Å². The molecule has 0 fully saturated rings. The molecule has 1 amide bonds. The molecule has 0 bridgehead atoms. The largest absolute Gasteiger partial charge is 0.477 e. The lowest BCUT2D eigenvalue weighted by Gasteiger charge is -2.07. The second-order valence-electron chi connectivity index (χ2n) is 4.32. The van der Waals surface area contributed by atoms with Crippen molar-refractivity contribution in [1.82, 2.24) is 14.9 Å². The minimum Gasteiger partial charge on any atom is -0.477 e. The van der Waals surface area contributed by atoms with Crippen molar-refractivity contribution in [3.8, 4) is 11.6 Å². The Balaban J connectivity index is 0.000000463. The number of hydrogen-bond acceptors (Lipinski definition) is 5. The SMILES string of the molecule is CN(C)C=O.O=C(O)c1cc(Cl)cnc1Oc1cncc(Cl)c1. The van der Waals surface area contributed by atoms with E-state index in [2.05, 4.69) is 9.97 Å². The van der Waals surface area contributed by atoms with Crippen molar-refractivity contribution in [3.05, 3.63) is 46.3 Å². The Morgan fingerprint density at radius 3 is 2.35 bits per heavy atom. The molecule has 9 heteroatoms. The van der Waals surface area contributed by atoms with Crippen LogP contribution in [0.4, 0.5) is 0 Å². The van der Waals surface area contributed by atoms with E-state index >= 15 is 0 Å². The molecule has 0 atom stereocenters. The number of hydrogen-bond donors (Lipinski definition) is 1. The van der Waals surface area contributed by atoms with Gasteiger partial charge in [-0.1, -0.05) is 23.2 Å². The van der Waals surface area contributed by atoms with Gasteiger partial charge in [0, 0.05) is 32.6 Å². The van der Waals surface area contributed by atoms with Crippen LogP contribution in [0, 0.1) is 0 Å². The molecule has 0 spiro atoms. The van der Waals surface area contributed by atoms with E-state index in [0.717, 1.165) is 6.41 Å². The van der Waals surface area contributed by atoms with Crippen molar-refractivity contribution >= 4 is 35.6 Å². The molecule has 2 aromatic heterocycles. The summed E-state index contributed by atoms with van der Waals surface area (Å²) in [6, 6.07) is 2.75. The summed E-state index contributed by atoms with van der Waals surface area (Å²) in [5.74, 6) is -0.967. The predicted octanol–water partition coefficient (Wildman–Crippen LogP) is 2.98. The molecular formula is C14H13Cl2N3O4. The average molecular weight is 358 g/mol. The normalized spacial score (nSPS) is 9.39. The molecule has 0 saturated heterocycles. The molecule has 2 heterocycles. The fraction of sp³-hybridized carbons (Fsp3) is 0.143. The van der Waals surface area contributed by atoms with Crippen LogP contribution < -0.4 is 4.74 Å². The van der Waals surface area contributed by atoms with Gasteiger partial charge < -0.3 is 14.7 Å². The molecule has 0 unspecified atom stereocenters. The average Bonchev–Trinajstić information content (AvgIpc) is 2.49. The second kappa shape index (κ2) is 8.92. The van der Waals surface area contributed by atoms with Crippen LogP contribution in [0.5, 0.6) is 11.6 Å². The third-order valence-electron chi connectivity index (χ3n) is 2.15. The van der Waals surface area contributed by atoms with Gasteiger partial charge >= 0.3 is 5.97 Å². The second-order valence-corrected chi connectivity index (χ2v) is 5.19. The van der Waals surface area contributed by atoms with Crippen molar-refractivity contribution in [2.75, 3.05) is 14.1 Å². The summed E-state index contributed by atoms with van der Waals surface area (Å²) in [5, 5.41) is 9.59. The van der Waals surface area contributed by atoms with Crippen molar-refractivity contribution in [2.45, 2.75) is 0 Å². The van der Waals surface area contributed by atoms with Gasteiger partial charge in [0.05, 0.1) is 16.2 Å². The molecule has 23 heavy (non-hydrogen) atoms. The van der Waals surface area contributed by atoms with Crippen LogP contribution in [0.25, 0.3) is 0 Å². The third-order valence-corrected chi connectivity index (χ3v) is 2.57. The molecule has 7 nitrogen and oxygen atoms in total. The number of aromatic nitrogens is 2. The van der Waals surface area contributed by atoms with E-state index in [4.69, 9.17) is 33.0 Å². The Labute approximate surface area is 142 Å². The molecule has 0 aliphatic heterocycles. The first kappa shape index (κ1) is 18.7.